The quantitative estimate of drug-likeness (QED) is 0.770. The maximum Gasteiger partial charge on any atom is 0.185 e. The molecule has 0 amide bonds. The second-order valence-corrected chi connectivity index (χ2v) is 8.01. The lowest BCUT2D eigenvalue weighted by molar-refractivity contribution is 0.199. The largest absolute Gasteiger partial charge is 0.383 e. The van der Waals surface area contributed by atoms with E-state index in [2.05, 4.69) is 15.2 Å². The Kier molecular flexibility index (Phi) is 5.36. The maximum absolute atomic E-state index is 11.6. The summed E-state index contributed by atoms with van der Waals surface area (Å²) in [4.78, 5) is 6.66. The first-order valence-electron chi connectivity index (χ1n) is 6.63. The smallest absolute Gasteiger partial charge is 0.185 e. The lowest BCUT2D eigenvalue weighted by atomic mass is 10.3. The third-order valence-corrected chi connectivity index (χ3v) is 5.97. The van der Waals surface area contributed by atoms with E-state index in [1.165, 1.54) is 0 Å². The normalized spacial score (nSPS) is 22.1. The van der Waals surface area contributed by atoms with Gasteiger partial charge in [-0.05, 0) is 6.92 Å². The Morgan fingerprint density at radius 2 is 2.40 bits per heavy atom. The highest BCUT2D eigenvalue weighted by Crippen LogP contribution is 2.25. The fourth-order valence-electron chi connectivity index (χ4n) is 2.18. The highest BCUT2D eigenvalue weighted by atomic mass is 32.2. The number of anilines is 1. The average Bonchev–Trinajstić information content (AvgIpc) is 2.82. The fourth-order valence-corrected chi connectivity index (χ4v) is 4.69. The summed E-state index contributed by atoms with van der Waals surface area (Å²) in [5.41, 5.74) is 0.988. The van der Waals surface area contributed by atoms with Crippen LogP contribution in [0.3, 0.4) is 0 Å². The molecular weight excluding hydrogens is 298 g/mol. The third-order valence-electron chi connectivity index (χ3n) is 3.24. The van der Waals surface area contributed by atoms with Crippen LogP contribution in [-0.2, 0) is 21.1 Å². The maximum atomic E-state index is 11.6. The van der Waals surface area contributed by atoms with E-state index in [9.17, 15) is 8.42 Å². The summed E-state index contributed by atoms with van der Waals surface area (Å²) in [6.45, 7) is 4.66. The first kappa shape index (κ1) is 15.7. The number of methoxy groups -OCH3 is 1. The molecule has 1 aliphatic rings. The minimum absolute atomic E-state index is 0.00537. The van der Waals surface area contributed by atoms with Crippen molar-refractivity contribution in [3.05, 3.63) is 11.1 Å². The number of aromatic nitrogens is 1. The van der Waals surface area contributed by atoms with Crippen molar-refractivity contribution >= 4 is 26.3 Å². The van der Waals surface area contributed by atoms with Gasteiger partial charge < -0.3 is 15.0 Å². The van der Waals surface area contributed by atoms with Crippen LogP contribution in [0.15, 0.2) is 5.38 Å². The first-order chi connectivity index (χ1) is 9.52. The Morgan fingerprint density at radius 3 is 3.10 bits per heavy atom. The minimum atomic E-state index is -2.88. The Morgan fingerprint density at radius 1 is 1.60 bits per heavy atom. The molecule has 6 nitrogen and oxygen atoms in total. The van der Waals surface area contributed by atoms with Gasteiger partial charge in [-0.25, -0.2) is 13.4 Å². The number of nitrogens with one attached hydrogen (secondary N) is 1. The molecule has 1 aliphatic heterocycles. The summed E-state index contributed by atoms with van der Waals surface area (Å²) in [6, 6.07) is -0.00537. The van der Waals surface area contributed by atoms with Crippen molar-refractivity contribution in [1.29, 1.82) is 0 Å². The van der Waals surface area contributed by atoms with Crippen molar-refractivity contribution in [3.8, 4) is 0 Å². The van der Waals surface area contributed by atoms with Crippen molar-refractivity contribution < 1.29 is 13.2 Å². The second-order valence-electron chi connectivity index (χ2n) is 4.95. The van der Waals surface area contributed by atoms with Crippen LogP contribution in [0, 0.1) is 0 Å². The highest BCUT2D eigenvalue weighted by Gasteiger charge is 2.29. The van der Waals surface area contributed by atoms with Crippen LogP contribution < -0.4 is 10.2 Å². The molecule has 0 aromatic carbocycles. The number of hydrogen-bond donors (Lipinski definition) is 1. The molecule has 114 valence electrons. The molecule has 0 aliphatic carbocycles. The zero-order valence-electron chi connectivity index (χ0n) is 11.8. The number of ether oxygens (including phenoxy) is 1. The van der Waals surface area contributed by atoms with Crippen molar-refractivity contribution in [3.63, 3.8) is 0 Å². The average molecular weight is 319 g/mol. The molecule has 1 N–H and O–H groups in total. The Hall–Kier alpha value is -0.700. The summed E-state index contributed by atoms with van der Waals surface area (Å²) in [6.07, 6.45) is 0. The van der Waals surface area contributed by atoms with Gasteiger partial charge in [0.1, 0.15) is 0 Å². The first-order valence-corrected chi connectivity index (χ1v) is 9.33. The molecule has 0 saturated carbocycles. The topological polar surface area (TPSA) is 71.5 Å². The van der Waals surface area contributed by atoms with Crippen LogP contribution in [-0.4, -0.2) is 57.8 Å². The predicted octanol–water partition coefficient (Wildman–Crippen LogP) is 0.502. The van der Waals surface area contributed by atoms with Gasteiger partial charge in [-0.15, -0.1) is 11.3 Å². The molecule has 1 aromatic rings. The summed E-state index contributed by atoms with van der Waals surface area (Å²) in [5, 5.41) is 6.18. The van der Waals surface area contributed by atoms with E-state index < -0.39 is 9.84 Å². The molecule has 1 unspecified atom stereocenters. The Balaban J connectivity index is 1.92. The van der Waals surface area contributed by atoms with Crippen LogP contribution in [0.1, 0.15) is 12.6 Å². The highest BCUT2D eigenvalue weighted by molar-refractivity contribution is 7.91. The van der Waals surface area contributed by atoms with Gasteiger partial charge >= 0.3 is 0 Å². The number of nitrogens with zero attached hydrogens (tertiary/aromatic N) is 2. The van der Waals surface area contributed by atoms with E-state index in [4.69, 9.17) is 4.74 Å². The molecule has 0 spiro atoms. The summed E-state index contributed by atoms with van der Waals surface area (Å²) in [7, 11) is -1.20. The van der Waals surface area contributed by atoms with E-state index in [-0.39, 0.29) is 17.5 Å². The summed E-state index contributed by atoms with van der Waals surface area (Å²) >= 11 is 1.57. The van der Waals surface area contributed by atoms with Crippen molar-refractivity contribution in [2.75, 3.05) is 43.2 Å². The van der Waals surface area contributed by atoms with Gasteiger partial charge in [0.25, 0.3) is 0 Å². The molecule has 0 bridgehead atoms. The zero-order chi connectivity index (χ0) is 14.6. The fraction of sp³-hybridized carbons (Fsp3) is 0.750. The van der Waals surface area contributed by atoms with Crippen LogP contribution in [0.2, 0.25) is 0 Å². The van der Waals surface area contributed by atoms with Crippen molar-refractivity contribution in [2.24, 2.45) is 0 Å². The Labute approximate surface area is 124 Å². The van der Waals surface area contributed by atoms with Crippen LogP contribution in [0.5, 0.6) is 0 Å². The molecular formula is C12H21N3O3S2. The SMILES string of the molecule is COCCNCc1csc(N2CCS(=O)(=O)CC2C)n1. The lowest BCUT2D eigenvalue weighted by Gasteiger charge is -2.32. The lowest BCUT2D eigenvalue weighted by Crippen LogP contribution is -2.47. The number of rotatable bonds is 6. The van der Waals surface area contributed by atoms with E-state index in [1.807, 2.05) is 12.3 Å². The van der Waals surface area contributed by atoms with Gasteiger partial charge in [0, 0.05) is 38.2 Å². The van der Waals surface area contributed by atoms with Gasteiger partial charge in [-0.1, -0.05) is 0 Å². The van der Waals surface area contributed by atoms with Gasteiger partial charge in [0.05, 0.1) is 23.8 Å². The van der Waals surface area contributed by atoms with E-state index in [0.29, 0.717) is 19.7 Å². The Bertz CT molecular complexity index is 530. The molecule has 1 fully saturated rings. The van der Waals surface area contributed by atoms with Crippen LogP contribution in [0.4, 0.5) is 5.13 Å². The monoisotopic (exact) mass is 319 g/mol. The number of hydrogen-bond acceptors (Lipinski definition) is 7. The zero-order valence-corrected chi connectivity index (χ0v) is 13.5. The van der Waals surface area contributed by atoms with Gasteiger partial charge in [0.2, 0.25) is 0 Å². The summed E-state index contributed by atoms with van der Waals surface area (Å²) in [5.74, 6) is 0.437. The summed E-state index contributed by atoms with van der Waals surface area (Å²) < 4.78 is 28.1. The van der Waals surface area contributed by atoms with E-state index >= 15 is 0 Å². The predicted molar refractivity (Wildman–Crippen MR) is 81.2 cm³/mol. The molecule has 1 atom stereocenters. The molecule has 2 heterocycles. The van der Waals surface area contributed by atoms with Crippen molar-refractivity contribution in [2.45, 2.75) is 19.5 Å². The van der Waals surface area contributed by atoms with Crippen molar-refractivity contribution in [1.82, 2.24) is 10.3 Å². The number of thiazole rings is 1. The van der Waals surface area contributed by atoms with Gasteiger partial charge in [0.15, 0.2) is 15.0 Å². The van der Waals surface area contributed by atoms with Crippen LogP contribution >= 0.6 is 11.3 Å². The molecule has 1 saturated heterocycles. The standard InChI is InChI=1S/C12H21N3O3S2/c1-10-9-20(16,17)6-4-15(10)12-14-11(8-19-12)7-13-3-5-18-2/h8,10,13H,3-7,9H2,1-2H3. The molecule has 1 aromatic heterocycles. The molecule has 8 heteroatoms. The number of sulfone groups is 1. The minimum Gasteiger partial charge on any atom is -0.383 e. The second kappa shape index (κ2) is 6.84. The molecule has 20 heavy (non-hydrogen) atoms. The molecule has 0 radical (unpaired) electrons. The van der Waals surface area contributed by atoms with E-state index in [0.717, 1.165) is 17.4 Å². The third kappa shape index (κ3) is 4.15. The van der Waals surface area contributed by atoms with E-state index in [1.54, 1.807) is 18.4 Å². The molecule has 2 rings (SSSR count). The van der Waals surface area contributed by atoms with Crippen LogP contribution in [0.25, 0.3) is 0 Å². The van der Waals surface area contributed by atoms with Gasteiger partial charge in [-0.2, -0.15) is 0 Å². The van der Waals surface area contributed by atoms with Gasteiger partial charge in [-0.3, -0.25) is 0 Å².